The van der Waals surface area contributed by atoms with Crippen LogP contribution in [-0.2, 0) is 9.47 Å². The lowest BCUT2D eigenvalue weighted by Crippen LogP contribution is -2.05. The predicted molar refractivity (Wildman–Crippen MR) is 30.5 cm³/mol. The van der Waals surface area contributed by atoms with E-state index in [2.05, 4.69) is 6.58 Å². The minimum atomic E-state index is 0.148. The Kier molecular flexibility index (Phi) is 1.53. The van der Waals surface area contributed by atoms with Crippen molar-refractivity contribution in [3.63, 3.8) is 0 Å². The summed E-state index contributed by atoms with van der Waals surface area (Å²) in [6.45, 7) is 4.42. The summed E-state index contributed by atoms with van der Waals surface area (Å²) in [5.41, 5.74) is 0. The van der Waals surface area contributed by atoms with Gasteiger partial charge in [-0.3, -0.25) is 0 Å². The molecule has 1 heterocycles. The molecule has 0 spiro atoms. The molecule has 1 atom stereocenters. The maximum Gasteiger partial charge on any atom is 0.118 e. The molecular formula is C6H10O2. The molecule has 1 rings (SSSR count). The fourth-order valence-corrected chi connectivity index (χ4v) is 0.800. The van der Waals surface area contributed by atoms with Crippen LogP contribution in [0.15, 0.2) is 12.3 Å². The quantitative estimate of drug-likeness (QED) is 0.505. The first-order valence-electron chi connectivity index (χ1n) is 2.69. The number of rotatable bonds is 1. The lowest BCUT2D eigenvalue weighted by molar-refractivity contribution is 0.126. The first-order chi connectivity index (χ1) is 3.84. The molecule has 0 N–H and O–H groups in total. The summed E-state index contributed by atoms with van der Waals surface area (Å²) in [7, 11) is 1.67. The molecule has 1 aliphatic heterocycles. The maximum atomic E-state index is 5.04. The van der Waals surface area contributed by atoms with Gasteiger partial charge < -0.3 is 9.47 Å². The summed E-state index contributed by atoms with van der Waals surface area (Å²) >= 11 is 0. The number of hydrogen-bond acceptors (Lipinski definition) is 2. The second-order valence-electron chi connectivity index (χ2n) is 1.83. The van der Waals surface area contributed by atoms with Crippen LogP contribution < -0.4 is 0 Å². The van der Waals surface area contributed by atoms with Gasteiger partial charge in [-0.05, 0) is 0 Å². The van der Waals surface area contributed by atoms with Crippen LogP contribution in [-0.4, -0.2) is 19.8 Å². The van der Waals surface area contributed by atoms with E-state index in [1.165, 1.54) is 0 Å². The van der Waals surface area contributed by atoms with Gasteiger partial charge in [0.25, 0.3) is 0 Å². The molecule has 2 nitrogen and oxygen atoms in total. The van der Waals surface area contributed by atoms with Crippen molar-refractivity contribution in [2.75, 3.05) is 13.7 Å². The smallest absolute Gasteiger partial charge is 0.118 e. The molecule has 46 valence electrons. The van der Waals surface area contributed by atoms with Crippen molar-refractivity contribution in [3.8, 4) is 0 Å². The molecule has 1 unspecified atom stereocenters. The second-order valence-corrected chi connectivity index (χ2v) is 1.83. The molecule has 0 aromatic carbocycles. The topological polar surface area (TPSA) is 18.5 Å². The van der Waals surface area contributed by atoms with E-state index in [4.69, 9.17) is 9.47 Å². The highest BCUT2D eigenvalue weighted by molar-refractivity contribution is 4.96. The largest absolute Gasteiger partial charge is 0.496 e. The number of methoxy groups -OCH3 is 1. The summed E-state index contributed by atoms with van der Waals surface area (Å²) in [6, 6.07) is 0. The Balaban J connectivity index is 2.42. The summed E-state index contributed by atoms with van der Waals surface area (Å²) in [4.78, 5) is 0. The lowest BCUT2D eigenvalue weighted by atomic mass is 10.3. The Morgan fingerprint density at radius 1 is 1.88 bits per heavy atom. The molecular weight excluding hydrogens is 104 g/mol. The van der Waals surface area contributed by atoms with Gasteiger partial charge in [0.2, 0.25) is 0 Å². The van der Waals surface area contributed by atoms with Crippen molar-refractivity contribution in [2.24, 2.45) is 0 Å². The van der Waals surface area contributed by atoms with Crippen LogP contribution in [0.5, 0.6) is 0 Å². The molecule has 1 aliphatic rings. The SMILES string of the molecule is C=C1OCCC1OC. The zero-order valence-corrected chi connectivity index (χ0v) is 5.02. The van der Waals surface area contributed by atoms with Crippen molar-refractivity contribution in [2.45, 2.75) is 12.5 Å². The van der Waals surface area contributed by atoms with Crippen LogP contribution in [0.25, 0.3) is 0 Å². The van der Waals surface area contributed by atoms with Crippen molar-refractivity contribution in [1.82, 2.24) is 0 Å². The maximum absolute atomic E-state index is 5.04. The molecule has 0 saturated carbocycles. The van der Waals surface area contributed by atoms with Crippen LogP contribution in [0, 0.1) is 0 Å². The minimum absolute atomic E-state index is 0.148. The normalized spacial score (nSPS) is 28.1. The minimum Gasteiger partial charge on any atom is -0.496 e. The highest BCUT2D eigenvalue weighted by Crippen LogP contribution is 2.17. The zero-order chi connectivity index (χ0) is 5.98. The highest BCUT2D eigenvalue weighted by atomic mass is 16.5. The number of ether oxygens (including phenoxy) is 2. The third-order valence-corrected chi connectivity index (χ3v) is 1.31. The van der Waals surface area contributed by atoms with Crippen LogP contribution in [0.3, 0.4) is 0 Å². The summed E-state index contributed by atoms with van der Waals surface area (Å²) in [6.07, 6.45) is 1.10. The van der Waals surface area contributed by atoms with Crippen LogP contribution in [0.4, 0.5) is 0 Å². The molecule has 8 heavy (non-hydrogen) atoms. The van der Waals surface area contributed by atoms with E-state index in [-0.39, 0.29) is 6.10 Å². The van der Waals surface area contributed by atoms with Gasteiger partial charge in [-0.2, -0.15) is 0 Å². The van der Waals surface area contributed by atoms with E-state index in [0.717, 1.165) is 18.8 Å². The first kappa shape index (κ1) is 5.63. The van der Waals surface area contributed by atoms with E-state index >= 15 is 0 Å². The second kappa shape index (κ2) is 2.18. The van der Waals surface area contributed by atoms with Gasteiger partial charge in [0.15, 0.2) is 0 Å². The highest BCUT2D eigenvalue weighted by Gasteiger charge is 2.18. The molecule has 0 radical (unpaired) electrons. The van der Waals surface area contributed by atoms with Gasteiger partial charge in [-0.25, -0.2) is 0 Å². The fraction of sp³-hybridized carbons (Fsp3) is 0.667. The summed E-state index contributed by atoms with van der Waals surface area (Å²) in [5.74, 6) is 0.771. The van der Waals surface area contributed by atoms with Gasteiger partial charge in [0, 0.05) is 13.5 Å². The molecule has 0 bridgehead atoms. The Morgan fingerprint density at radius 3 is 2.88 bits per heavy atom. The first-order valence-corrected chi connectivity index (χ1v) is 2.69. The average Bonchev–Trinajstić information content (AvgIpc) is 2.14. The van der Waals surface area contributed by atoms with Crippen molar-refractivity contribution >= 4 is 0 Å². The molecule has 0 aromatic heterocycles. The fourth-order valence-electron chi connectivity index (χ4n) is 0.800. The third-order valence-electron chi connectivity index (χ3n) is 1.31. The Hall–Kier alpha value is -0.500. The molecule has 0 aliphatic carbocycles. The van der Waals surface area contributed by atoms with Crippen molar-refractivity contribution in [1.29, 1.82) is 0 Å². The van der Waals surface area contributed by atoms with Crippen molar-refractivity contribution in [3.05, 3.63) is 12.3 Å². The van der Waals surface area contributed by atoms with E-state index in [1.807, 2.05) is 0 Å². The van der Waals surface area contributed by atoms with Gasteiger partial charge in [-0.1, -0.05) is 6.58 Å². The third kappa shape index (κ3) is 0.842. The van der Waals surface area contributed by atoms with E-state index in [0.29, 0.717) is 0 Å². The summed E-state index contributed by atoms with van der Waals surface area (Å²) in [5, 5.41) is 0. The van der Waals surface area contributed by atoms with Gasteiger partial charge in [0.1, 0.15) is 11.9 Å². The predicted octanol–water partition coefficient (Wildman–Crippen LogP) is 0.935. The van der Waals surface area contributed by atoms with Crippen LogP contribution >= 0.6 is 0 Å². The van der Waals surface area contributed by atoms with E-state index < -0.39 is 0 Å². The zero-order valence-electron chi connectivity index (χ0n) is 5.02. The molecule has 1 fully saturated rings. The van der Waals surface area contributed by atoms with E-state index in [9.17, 15) is 0 Å². The monoisotopic (exact) mass is 114 g/mol. The standard InChI is InChI=1S/C6H10O2/c1-5-6(7-2)3-4-8-5/h6H,1,3-4H2,2H3. The van der Waals surface area contributed by atoms with Gasteiger partial charge in [-0.15, -0.1) is 0 Å². The summed E-state index contributed by atoms with van der Waals surface area (Å²) < 4.78 is 10.0. The van der Waals surface area contributed by atoms with Crippen LogP contribution in [0.2, 0.25) is 0 Å². The molecule has 2 heteroatoms. The van der Waals surface area contributed by atoms with E-state index in [1.54, 1.807) is 7.11 Å². The number of hydrogen-bond donors (Lipinski definition) is 0. The molecule has 1 saturated heterocycles. The molecule has 0 aromatic rings. The Bertz CT molecular complexity index is 98.7. The van der Waals surface area contributed by atoms with Crippen LogP contribution in [0.1, 0.15) is 6.42 Å². The van der Waals surface area contributed by atoms with Gasteiger partial charge in [0.05, 0.1) is 6.61 Å². The van der Waals surface area contributed by atoms with Crippen molar-refractivity contribution < 1.29 is 9.47 Å². The van der Waals surface area contributed by atoms with Gasteiger partial charge >= 0.3 is 0 Å². The lowest BCUT2D eigenvalue weighted by Gasteiger charge is -2.03. The Morgan fingerprint density at radius 2 is 2.62 bits per heavy atom. The Labute approximate surface area is 49.1 Å². The average molecular weight is 114 g/mol. The molecule has 0 amide bonds.